The van der Waals surface area contributed by atoms with Gasteiger partial charge < -0.3 is 4.90 Å². The highest BCUT2D eigenvalue weighted by Crippen LogP contribution is 2.31. The molecule has 0 saturated carbocycles. The predicted molar refractivity (Wildman–Crippen MR) is 95.0 cm³/mol. The van der Waals surface area contributed by atoms with Crippen LogP contribution >= 0.6 is 22.7 Å². The van der Waals surface area contributed by atoms with Crippen molar-refractivity contribution >= 4 is 28.6 Å². The molecule has 0 radical (unpaired) electrons. The fraction of sp³-hybridized carbons (Fsp3) is 0.222. The summed E-state index contributed by atoms with van der Waals surface area (Å²) in [5.41, 5.74) is 2.82. The highest BCUT2D eigenvalue weighted by molar-refractivity contribution is 7.17. The Morgan fingerprint density at radius 2 is 2.04 bits per heavy atom. The van der Waals surface area contributed by atoms with Crippen LogP contribution in [0, 0.1) is 12.7 Å². The lowest BCUT2D eigenvalue weighted by atomic mass is 10.1. The van der Waals surface area contributed by atoms with Gasteiger partial charge in [0.25, 0.3) is 5.91 Å². The van der Waals surface area contributed by atoms with Gasteiger partial charge in [-0.3, -0.25) is 4.79 Å². The molecule has 0 N–H and O–H groups in total. The van der Waals surface area contributed by atoms with E-state index in [1.807, 2.05) is 11.8 Å². The normalized spacial score (nSPS) is 13.8. The van der Waals surface area contributed by atoms with Gasteiger partial charge in [0.1, 0.15) is 15.7 Å². The second-order valence-electron chi connectivity index (χ2n) is 5.79. The van der Waals surface area contributed by atoms with Crippen molar-refractivity contribution in [2.45, 2.75) is 19.9 Å². The maximum atomic E-state index is 13.1. The van der Waals surface area contributed by atoms with Gasteiger partial charge in [-0.05, 0) is 54.6 Å². The Morgan fingerprint density at radius 3 is 2.83 bits per heavy atom. The first-order chi connectivity index (χ1) is 11.6. The van der Waals surface area contributed by atoms with Gasteiger partial charge in [0.15, 0.2) is 0 Å². The summed E-state index contributed by atoms with van der Waals surface area (Å²) in [6, 6.07) is 8.32. The van der Waals surface area contributed by atoms with Crippen LogP contribution in [-0.2, 0) is 13.0 Å². The molecule has 122 valence electrons. The molecule has 0 saturated heterocycles. The van der Waals surface area contributed by atoms with Crippen molar-refractivity contribution in [3.8, 4) is 10.6 Å². The van der Waals surface area contributed by atoms with Crippen molar-refractivity contribution in [2.75, 3.05) is 6.54 Å². The zero-order valence-corrected chi connectivity index (χ0v) is 14.7. The Kier molecular flexibility index (Phi) is 3.94. The van der Waals surface area contributed by atoms with E-state index >= 15 is 0 Å². The lowest BCUT2D eigenvalue weighted by molar-refractivity contribution is 0.0740. The molecule has 4 rings (SSSR count). The maximum Gasteiger partial charge on any atom is 0.266 e. The molecule has 0 aliphatic carbocycles. The van der Waals surface area contributed by atoms with Gasteiger partial charge in [0.2, 0.25) is 0 Å². The second kappa shape index (κ2) is 6.11. The number of aromatic nitrogens is 1. The van der Waals surface area contributed by atoms with E-state index in [4.69, 9.17) is 0 Å². The van der Waals surface area contributed by atoms with Crippen LogP contribution in [0.1, 0.15) is 25.8 Å². The number of amides is 1. The molecule has 3 heterocycles. The minimum atomic E-state index is -0.275. The van der Waals surface area contributed by atoms with Gasteiger partial charge in [-0.25, -0.2) is 9.37 Å². The van der Waals surface area contributed by atoms with Crippen molar-refractivity contribution in [3.63, 3.8) is 0 Å². The third-order valence-electron chi connectivity index (χ3n) is 4.18. The molecular formula is C18H15FN2OS2. The second-order valence-corrected chi connectivity index (χ2v) is 7.79. The zero-order chi connectivity index (χ0) is 16.7. The van der Waals surface area contributed by atoms with Crippen LogP contribution in [0.15, 0.2) is 35.7 Å². The summed E-state index contributed by atoms with van der Waals surface area (Å²) >= 11 is 3.14. The van der Waals surface area contributed by atoms with E-state index < -0.39 is 0 Å². The first-order valence-electron chi connectivity index (χ1n) is 7.69. The molecule has 3 nitrogen and oxygen atoms in total. The lowest BCUT2D eigenvalue weighted by Gasteiger charge is -2.26. The lowest BCUT2D eigenvalue weighted by Crippen LogP contribution is -2.35. The number of hydrogen-bond donors (Lipinski definition) is 0. The number of aryl methyl sites for hydroxylation is 1. The summed E-state index contributed by atoms with van der Waals surface area (Å²) in [7, 11) is 0. The fourth-order valence-corrected chi connectivity index (χ4v) is 4.81. The number of fused-ring (bicyclic) bond motifs is 1. The highest BCUT2D eigenvalue weighted by Gasteiger charge is 2.25. The first-order valence-corrected chi connectivity index (χ1v) is 9.39. The number of hydrogen-bond acceptors (Lipinski definition) is 4. The fourth-order valence-electron chi connectivity index (χ4n) is 2.88. The van der Waals surface area contributed by atoms with Gasteiger partial charge in [-0.2, -0.15) is 0 Å². The van der Waals surface area contributed by atoms with E-state index in [1.54, 1.807) is 23.5 Å². The Labute approximate surface area is 147 Å². The average molecular weight is 358 g/mol. The molecule has 0 spiro atoms. The molecule has 0 bridgehead atoms. The summed E-state index contributed by atoms with van der Waals surface area (Å²) in [5.74, 6) is -0.238. The minimum Gasteiger partial charge on any atom is -0.333 e. The summed E-state index contributed by atoms with van der Waals surface area (Å²) in [4.78, 5) is 21.4. The number of carbonyl (C=O) groups excluding carboxylic acids is 1. The molecule has 1 amide bonds. The van der Waals surface area contributed by atoms with Gasteiger partial charge in [0.05, 0.1) is 5.69 Å². The summed E-state index contributed by atoms with van der Waals surface area (Å²) in [6.45, 7) is 3.27. The van der Waals surface area contributed by atoms with Crippen LogP contribution in [-0.4, -0.2) is 22.3 Å². The third kappa shape index (κ3) is 2.76. The van der Waals surface area contributed by atoms with E-state index in [1.165, 1.54) is 33.9 Å². The van der Waals surface area contributed by atoms with Crippen molar-refractivity contribution in [1.29, 1.82) is 0 Å². The number of halogens is 1. The Hall–Kier alpha value is -2.05. The molecule has 6 heteroatoms. The summed E-state index contributed by atoms with van der Waals surface area (Å²) < 4.78 is 13.1. The van der Waals surface area contributed by atoms with Crippen LogP contribution in [0.3, 0.4) is 0 Å². The quantitative estimate of drug-likeness (QED) is 0.675. The number of carbonyl (C=O) groups is 1. The van der Waals surface area contributed by atoms with Gasteiger partial charge in [-0.15, -0.1) is 22.7 Å². The SMILES string of the molecule is Cc1nc(-c2ccc(F)cc2)sc1C(=O)N1CCc2sccc2C1. The van der Waals surface area contributed by atoms with Crippen LogP contribution in [0.4, 0.5) is 4.39 Å². The zero-order valence-electron chi connectivity index (χ0n) is 13.1. The molecule has 24 heavy (non-hydrogen) atoms. The van der Waals surface area contributed by atoms with Gasteiger partial charge in [-0.1, -0.05) is 0 Å². The van der Waals surface area contributed by atoms with Crippen molar-refractivity contribution in [1.82, 2.24) is 9.88 Å². The van der Waals surface area contributed by atoms with Crippen LogP contribution < -0.4 is 0 Å². The molecule has 1 aliphatic rings. The summed E-state index contributed by atoms with van der Waals surface area (Å²) in [5, 5.41) is 2.84. The molecule has 0 atom stereocenters. The molecule has 2 aromatic heterocycles. The first kappa shape index (κ1) is 15.5. The van der Waals surface area contributed by atoms with Gasteiger partial charge >= 0.3 is 0 Å². The smallest absolute Gasteiger partial charge is 0.266 e. The Morgan fingerprint density at radius 1 is 1.25 bits per heavy atom. The monoisotopic (exact) mass is 358 g/mol. The van der Waals surface area contributed by atoms with E-state index in [-0.39, 0.29) is 11.7 Å². The van der Waals surface area contributed by atoms with E-state index in [2.05, 4.69) is 16.4 Å². The molecule has 3 aromatic rings. The van der Waals surface area contributed by atoms with Crippen molar-refractivity contribution < 1.29 is 9.18 Å². The molecule has 1 aliphatic heterocycles. The molecular weight excluding hydrogens is 343 g/mol. The molecule has 1 aromatic carbocycles. The van der Waals surface area contributed by atoms with Gasteiger partial charge in [0, 0.05) is 23.5 Å². The topological polar surface area (TPSA) is 33.2 Å². The van der Waals surface area contributed by atoms with Crippen molar-refractivity contribution in [3.05, 3.63) is 62.5 Å². The predicted octanol–water partition coefficient (Wildman–Crippen LogP) is 4.52. The van der Waals surface area contributed by atoms with Crippen LogP contribution in [0.25, 0.3) is 10.6 Å². The number of thiazole rings is 1. The van der Waals surface area contributed by atoms with Crippen LogP contribution in [0.2, 0.25) is 0 Å². The average Bonchev–Trinajstić information content (AvgIpc) is 3.20. The number of nitrogens with zero attached hydrogens (tertiary/aromatic N) is 2. The minimum absolute atomic E-state index is 0.0372. The number of rotatable bonds is 2. The van der Waals surface area contributed by atoms with E-state index in [9.17, 15) is 9.18 Å². The number of benzene rings is 1. The largest absolute Gasteiger partial charge is 0.333 e. The standard InChI is InChI=1S/C18H15FN2OS2/c1-11-16(24-17(20-11)12-2-4-14(19)5-3-12)18(22)21-8-6-15-13(10-21)7-9-23-15/h2-5,7,9H,6,8,10H2,1H3. The maximum absolute atomic E-state index is 13.1. The Balaban J connectivity index is 1.60. The number of thiophene rings is 1. The Bertz CT molecular complexity index is 898. The molecule has 0 fully saturated rings. The van der Waals surface area contributed by atoms with E-state index in [0.717, 1.165) is 29.2 Å². The van der Waals surface area contributed by atoms with Crippen molar-refractivity contribution in [2.24, 2.45) is 0 Å². The summed E-state index contributed by atoms with van der Waals surface area (Å²) in [6.07, 6.45) is 0.918. The van der Waals surface area contributed by atoms with Crippen LogP contribution in [0.5, 0.6) is 0 Å². The molecule has 0 unspecified atom stereocenters. The van der Waals surface area contributed by atoms with E-state index in [0.29, 0.717) is 11.4 Å². The highest BCUT2D eigenvalue weighted by atomic mass is 32.1. The third-order valence-corrected chi connectivity index (χ3v) is 6.39.